The first-order valence-corrected chi connectivity index (χ1v) is 12.4. The number of methoxy groups -OCH3 is 1. The number of anilines is 1. The number of carbonyl (C=O) groups excluding carboxylic acids is 1. The summed E-state index contributed by atoms with van der Waals surface area (Å²) >= 11 is 0. The largest absolute Gasteiger partial charge is 0.497 e. The Morgan fingerprint density at radius 3 is 2.44 bits per heavy atom. The lowest BCUT2D eigenvalue weighted by atomic mass is 10.0. The fourth-order valence-electron chi connectivity index (χ4n) is 4.75. The third-order valence-corrected chi connectivity index (χ3v) is 6.81. The summed E-state index contributed by atoms with van der Waals surface area (Å²) in [6.07, 6.45) is 6.06. The average Bonchev–Trinajstić information content (AvgIpc) is 3.40. The first kappa shape index (κ1) is 24.4. The van der Waals surface area contributed by atoms with Gasteiger partial charge < -0.3 is 30.1 Å². The van der Waals surface area contributed by atoms with Crippen molar-refractivity contribution in [3.63, 3.8) is 0 Å². The number of ether oxygens (including phenoxy) is 2. The molecule has 2 aromatic rings. The lowest BCUT2D eigenvalue weighted by Gasteiger charge is -2.34. The molecular weight excluding hydrogens is 430 g/mol. The van der Waals surface area contributed by atoms with Gasteiger partial charge in [0, 0.05) is 49.0 Å². The summed E-state index contributed by atoms with van der Waals surface area (Å²) in [4.78, 5) is 14.8. The number of aliphatic hydroxyl groups excluding tert-OH is 1. The van der Waals surface area contributed by atoms with Gasteiger partial charge in [-0.25, -0.2) is 0 Å². The number of nitrogens with zero attached hydrogens (tertiary/aromatic N) is 1. The molecule has 1 atom stereocenters. The number of piperidine rings is 1. The van der Waals surface area contributed by atoms with E-state index >= 15 is 0 Å². The molecule has 1 aliphatic carbocycles. The number of hydrogen-bond acceptors (Lipinski definition) is 6. The predicted molar refractivity (Wildman–Crippen MR) is 134 cm³/mol. The lowest BCUT2D eigenvalue weighted by molar-refractivity contribution is 0.0938. The molecule has 1 aliphatic heterocycles. The molecule has 34 heavy (non-hydrogen) atoms. The van der Waals surface area contributed by atoms with Gasteiger partial charge in [0.1, 0.15) is 24.2 Å². The van der Waals surface area contributed by atoms with Crippen LogP contribution in [0.25, 0.3) is 0 Å². The van der Waals surface area contributed by atoms with E-state index in [2.05, 4.69) is 27.7 Å². The van der Waals surface area contributed by atoms with Crippen molar-refractivity contribution >= 4 is 11.6 Å². The number of rotatable bonds is 10. The van der Waals surface area contributed by atoms with Gasteiger partial charge in [-0.2, -0.15) is 0 Å². The maximum Gasteiger partial charge on any atom is 0.251 e. The minimum atomic E-state index is -0.577. The Morgan fingerprint density at radius 1 is 1.03 bits per heavy atom. The van der Waals surface area contributed by atoms with Crippen molar-refractivity contribution in [2.45, 2.75) is 56.7 Å². The van der Waals surface area contributed by atoms with Crippen LogP contribution in [0.3, 0.4) is 0 Å². The van der Waals surface area contributed by atoms with Crippen LogP contribution in [0.2, 0.25) is 0 Å². The topological polar surface area (TPSA) is 83.1 Å². The number of nitrogens with one attached hydrogen (secondary N) is 2. The molecule has 3 N–H and O–H groups in total. The zero-order valence-corrected chi connectivity index (χ0v) is 20.0. The fourth-order valence-corrected chi connectivity index (χ4v) is 4.75. The Morgan fingerprint density at radius 2 is 1.74 bits per heavy atom. The van der Waals surface area contributed by atoms with E-state index in [0.29, 0.717) is 24.4 Å². The third-order valence-electron chi connectivity index (χ3n) is 6.81. The smallest absolute Gasteiger partial charge is 0.251 e. The summed E-state index contributed by atoms with van der Waals surface area (Å²) in [5.74, 6) is 1.46. The molecule has 7 nitrogen and oxygen atoms in total. The molecule has 0 spiro atoms. The van der Waals surface area contributed by atoms with Crippen molar-refractivity contribution in [1.29, 1.82) is 0 Å². The molecule has 0 radical (unpaired) electrons. The molecule has 1 amide bonds. The van der Waals surface area contributed by atoms with Gasteiger partial charge in [0.25, 0.3) is 5.91 Å². The molecule has 1 saturated carbocycles. The normalized spacial score (nSPS) is 18.0. The van der Waals surface area contributed by atoms with Crippen molar-refractivity contribution in [3.05, 3.63) is 54.1 Å². The standard InChI is InChI=1S/C27H37N3O4/c1-33-25-7-4-8-26(17-25)34-19-24(31)18-28-21-13-15-30(16-14-21)23-11-9-20(10-12-23)27(32)29-22-5-2-3-6-22/h4,7-12,17,21-22,24,28,31H,2-3,5-6,13-16,18-19H2,1H3,(H,29,32). The van der Waals surface area contributed by atoms with Crippen LogP contribution >= 0.6 is 0 Å². The Hall–Kier alpha value is -2.77. The van der Waals surface area contributed by atoms with Gasteiger partial charge in [-0.05, 0) is 62.1 Å². The summed E-state index contributed by atoms with van der Waals surface area (Å²) in [7, 11) is 1.62. The highest BCUT2D eigenvalue weighted by atomic mass is 16.5. The van der Waals surface area contributed by atoms with E-state index in [1.54, 1.807) is 7.11 Å². The van der Waals surface area contributed by atoms with E-state index in [-0.39, 0.29) is 12.5 Å². The van der Waals surface area contributed by atoms with E-state index < -0.39 is 6.10 Å². The molecule has 2 aromatic carbocycles. The Labute approximate surface area is 202 Å². The average molecular weight is 468 g/mol. The van der Waals surface area contributed by atoms with E-state index in [1.165, 1.54) is 12.8 Å². The third kappa shape index (κ3) is 6.87. The van der Waals surface area contributed by atoms with Crippen molar-refractivity contribution in [1.82, 2.24) is 10.6 Å². The van der Waals surface area contributed by atoms with Gasteiger partial charge in [-0.3, -0.25) is 4.79 Å². The van der Waals surface area contributed by atoms with Gasteiger partial charge in [0.05, 0.1) is 7.11 Å². The first-order chi connectivity index (χ1) is 16.6. The summed E-state index contributed by atoms with van der Waals surface area (Å²) in [6.45, 7) is 2.63. The van der Waals surface area contributed by atoms with Gasteiger partial charge in [-0.1, -0.05) is 18.9 Å². The minimum Gasteiger partial charge on any atom is -0.497 e. The van der Waals surface area contributed by atoms with E-state index in [1.807, 2.05) is 36.4 Å². The van der Waals surface area contributed by atoms with Crippen LogP contribution < -0.4 is 25.0 Å². The van der Waals surface area contributed by atoms with Crippen LogP contribution in [0.4, 0.5) is 5.69 Å². The second-order valence-electron chi connectivity index (χ2n) is 9.32. The molecule has 2 aliphatic rings. The summed E-state index contributed by atoms with van der Waals surface area (Å²) < 4.78 is 10.9. The Kier molecular flexibility index (Phi) is 8.66. The van der Waals surface area contributed by atoms with Gasteiger partial charge in [0.15, 0.2) is 0 Å². The van der Waals surface area contributed by atoms with Crippen LogP contribution in [0, 0.1) is 0 Å². The SMILES string of the molecule is COc1cccc(OCC(O)CNC2CCN(c3ccc(C(=O)NC4CCCC4)cc3)CC2)c1. The molecule has 7 heteroatoms. The van der Waals surface area contributed by atoms with Crippen LogP contribution in [-0.4, -0.2) is 62.6 Å². The molecular formula is C27H37N3O4. The number of amides is 1. The van der Waals surface area contributed by atoms with E-state index in [0.717, 1.165) is 55.8 Å². The van der Waals surface area contributed by atoms with E-state index in [9.17, 15) is 9.90 Å². The molecule has 1 unspecified atom stereocenters. The highest BCUT2D eigenvalue weighted by molar-refractivity contribution is 5.94. The minimum absolute atomic E-state index is 0.0373. The van der Waals surface area contributed by atoms with Crippen LogP contribution in [0.1, 0.15) is 48.9 Å². The molecule has 0 aromatic heterocycles. The zero-order valence-electron chi connectivity index (χ0n) is 20.0. The molecule has 4 rings (SSSR count). The number of carbonyl (C=O) groups is 1. The second kappa shape index (κ2) is 12.1. The molecule has 1 saturated heterocycles. The zero-order chi connectivity index (χ0) is 23.8. The van der Waals surface area contributed by atoms with Crippen molar-refractivity contribution < 1.29 is 19.4 Å². The number of benzene rings is 2. The number of aliphatic hydroxyl groups is 1. The summed E-state index contributed by atoms with van der Waals surface area (Å²) in [5.41, 5.74) is 1.89. The van der Waals surface area contributed by atoms with E-state index in [4.69, 9.17) is 9.47 Å². The van der Waals surface area contributed by atoms with Crippen LogP contribution in [-0.2, 0) is 0 Å². The molecule has 184 valence electrons. The quantitative estimate of drug-likeness (QED) is 0.497. The van der Waals surface area contributed by atoms with Crippen molar-refractivity contribution in [2.24, 2.45) is 0 Å². The highest BCUT2D eigenvalue weighted by Crippen LogP contribution is 2.22. The lowest BCUT2D eigenvalue weighted by Crippen LogP contribution is -2.45. The van der Waals surface area contributed by atoms with Crippen LogP contribution in [0.15, 0.2) is 48.5 Å². The fraction of sp³-hybridized carbons (Fsp3) is 0.519. The van der Waals surface area contributed by atoms with Crippen molar-refractivity contribution in [3.8, 4) is 11.5 Å². The first-order valence-electron chi connectivity index (χ1n) is 12.4. The van der Waals surface area contributed by atoms with Gasteiger partial charge in [0.2, 0.25) is 0 Å². The monoisotopic (exact) mass is 467 g/mol. The molecule has 0 bridgehead atoms. The summed E-state index contributed by atoms with van der Waals surface area (Å²) in [6, 6.07) is 16.1. The van der Waals surface area contributed by atoms with Crippen LogP contribution in [0.5, 0.6) is 11.5 Å². The Balaban J connectivity index is 1.15. The van der Waals surface area contributed by atoms with Gasteiger partial charge in [-0.15, -0.1) is 0 Å². The number of hydrogen-bond donors (Lipinski definition) is 3. The molecule has 2 fully saturated rings. The predicted octanol–water partition coefficient (Wildman–Crippen LogP) is 3.37. The highest BCUT2D eigenvalue weighted by Gasteiger charge is 2.21. The summed E-state index contributed by atoms with van der Waals surface area (Å²) in [5, 5.41) is 16.9. The Bertz CT molecular complexity index is 906. The van der Waals surface area contributed by atoms with Crippen molar-refractivity contribution in [2.75, 3.05) is 38.3 Å². The molecule has 1 heterocycles. The second-order valence-corrected chi connectivity index (χ2v) is 9.32. The van der Waals surface area contributed by atoms with Gasteiger partial charge >= 0.3 is 0 Å². The maximum atomic E-state index is 12.4. The maximum absolute atomic E-state index is 12.4.